The zero-order valence-electron chi connectivity index (χ0n) is 12.3. The van der Waals surface area contributed by atoms with E-state index in [1.807, 2.05) is 0 Å². The maximum absolute atomic E-state index is 10.8. The van der Waals surface area contributed by atoms with E-state index in [1.54, 1.807) is 11.4 Å². The Kier molecular flexibility index (Phi) is 5.57. The molecule has 0 saturated carbocycles. The Hall–Kier alpha value is -0.910. The zero-order chi connectivity index (χ0) is 14.5. The molecule has 0 spiro atoms. The van der Waals surface area contributed by atoms with Crippen LogP contribution in [0.4, 0.5) is 0 Å². The van der Waals surface area contributed by atoms with E-state index in [4.69, 9.17) is 5.11 Å². The van der Waals surface area contributed by atoms with Crippen LogP contribution in [-0.4, -0.2) is 41.7 Å². The van der Waals surface area contributed by atoms with Crippen molar-refractivity contribution in [2.75, 3.05) is 19.6 Å². The van der Waals surface area contributed by atoms with Crippen molar-refractivity contribution in [1.29, 1.82) is 0 Å². The van der Waals surface area contributed by atoms with Crippen LogP contribution in [-0.2, 0) is 6.54 Å². The zero-order valence-corrected chi connectivity index (χ0v) is 13.1. The molecule has 1 aromatic rings. The van der Waals surface area contributed by atoms with Crippen molar-refractivity contribution >= 4 is 17.3 Å². The van der Waals surface area contributed by atoms with Crippen LogP contribution < -0.4 is 5.32 Å². The number of hydrogen-bond donors (Lipinski definition) is 2. The molecule has 1 saturated heterocycles. The van der Waals surface area contributed by atoms with E-state index >= 15 is 0 Å². The fourth-order valence-electron chi connectivity index (χ4n) is 2.79. The molecule has 20 heavy (non-hydrogen) atoms. The Morgan fingerprint density at radius 2 is 2.15 bits per heavy atom. The first-order chi connectivity index (χ1) is 9.58. The Morgan fingerprint density at radius 1 is 1.45 bits per heavy atom. The SMILES string of the molecule is CC(C)C(CNCc1cc(C(=O)O)cs1)N1CCCC1. The number of likely N-dealkylation sites (tertiary alicyclic amines) is 1. The molecule has 1 unspecified atom stereocenters. The van der Waals surface area contributed by atoms with Crippen molar-refractivity contribution in [2.24, 2.45) is 5.92 Å². The van der Waals surface area contributed by atoms with Crippen molar-refractivity contribution in [3.63, 3.8) is 0 Å². The minimum atomic E-state index is -0.843. The average Bonchev–Trinajstić information content (AvgIpc) is 3.05. The Balaban J connectivity index is 1.81. The molecule has 0 radical (unpaired) electrons. The summed E-state index contributed by atoms with van der Waals surface area (Å²) < 4.78 is 0. The third kappa shape index (κ3) is 4.04. The van der Waals surface area contributed by atoms with Gasteiger partial charge < -0.3 is 10.4 Å². The molecule has 1 aromatic heterocycles. The van der Waals surface area contributed by atoms with Crippen molar-refractivity contribution in [3.8, 4) is 0 Å². The molecule has 1 fully saturated rings. The van der Waals surface area contributed by atoms with Crippen molar-refractivity contribution < 1.29 is 9.90 Å². The van der Waals surface area contributed by atoms with Gasteiger partial charge in [0, 0.05) is 29.4 Å². The fourth-order valence-corrected chi connectivity index (χ4v) is 3.62. The largest absolute Gasteiger partial charge is 0.478 e. The first-order valence-corrected chi connectivity index (χ1v) is 8.21. The van der Waals surface area contributed by atoms with E-state index in [0.717, 1.165) is 18.0 Å². The number of nitrogens with one attached hydrogen (secondary N) is 1. The molecule has 1 aliphatic rings. The van der Waals surface area contributed by atoms with E-state index in [-0.39, 0.29) is 0 Å². The highest BCUT2D eigenvalue weighted by Gasteiger charge is 2.24. The lowest BCUT2D eigenvalue weighted by Gasteiger charge is -2.31. The van der Waals surface area contributed by atoms with Gasteiger partial charge in [0.2, 0.25) is 0 Å². The van der Waals surface area contributed by atoms with Crippen LogP contribution in [0.1, 0.15) is 41.9 Å². The second kappa shape index (κ2) is 7.20. The Labute approximate surface area is 124 Å². The fraction of sp³-hybridized carbons (Fsp3) is 0.667. The summed E-state index contributed by atoms with van der Waals surface area (Å²) in [4.78, 5) is 14.5. The van der Waals surface area contributed by atoms with Crippen LogP contribution in [0, 0.1) is 5.92 Å². The van der Waals surface area contributed by atoms with Gasteiger partial charge in [0.15, 0.2) is 0 Å². The van der Waals surface area contributed by atoms with Gasteiger partial charge in [-0.05, 0) is 37.9 Å². The van der Waals surface area contributed by atoms with Gasteiger partial charge >= 0.3 is 5.97 Å². The molecule has 5 heteroatoms. The summed E-state index contributed by atoms with van der Waals surface area (Å²) in [5.41, 5.74) is 0.395. The van der Waals surface area contributed by atoms with Gasteiger partial charge in [0.1, 0.15) is 0 Å². The average molecular weight is 296 g/mol. The molecule has 2 heterocycles. The molecule has 2 N–H and O–H groups in total. The molecular formula is C15H24N2O2S. The number of carbonyl (C=O) groups is 1. The standard InChI is InChI=1S/C15H24N2O2S/c1-11(2)14(17-5-3-4-6-17)9-16-8-13-7-12(10-20-13)15(18)19/h7,10-11,14,16H,3-6,8-9H2,1-2H3,(H,18,19). The molecular weight excluding hydrogens is 272 g/mol. The van der Waals surface area contributed by atoms with Crippen LogP contribution >= 0.6 is 11.3 Å². The molecule has 112 valence electrons. The smallest absolute Gasteiger partial charge is 0.336 e. The molecule has 0 amide bonds. The van der Waals surface area contributed by atoms with E-state index in [2.05, 4.69) is 24.1 Å². The summed E-state index contributed by atoms with van der Waals surface area (Å²) in [5.74, 6) is -0.205. The van der Waals surface area contributed by atoms with Crippen LogP contribution in [0.25, 0.3) is 0 Å². The summed E-state index contributed by atoms with van der Waals surface area (Å²) in [7, 11) is 0. The molecule has 1 atom stereocenters. The number of rotatable bonds is 7. The quantitative estimate of drug-likeness (QED) is 0.812. The summed E-state index contributed by atoms with van der Waals surface area (Å²) in [6.07, 6.45) is 2.63. The van der Waals surface area contributed by atoms with Crippen molar-refractivity contribution in [3.05, 3.63) is 21.9 Å². The highest BCUT2D eigenvalue weighted by Crippen LogP contribution is 2.18. The Bertz CT molecular complexity index is 439. The minimum Gasteiger partial charge on any atom is -0.478 e. The van der Waals surface area contributed by atoms with Crippen molar-refractivity contribution in [2.45, 2.75) is 39.3 Å². The van der Waals surface area contributed by atoms with Gasteiger partial charge in [0.25, 0.3) is 0 Å². The van der Waals surface area contributed by atoms with Gasteiger partial charge in [-0.3, -0.25) is 4.90 Å². The lowest BCUT2D eigenvalue weighted by Crippen LogP contribution is -2.43. The highest BCUT2D eigenvalue weighted by molar-refractivity contribution is 7.10. The third-order valence-corrected chi connectivity index (χ3v) is 4.87. The highest BCUT2D eigenvalue weighted by atomic mass is 32.1. The lowest BCUT2D eigenvalue weighted by molar-refractivity contribution is 0.0697. The van der Waals surface area contributed by atoms with Gasteiger partial charge in [-0.2, -0.15) is 0 Å². The number of thiophene rings is 1. The van der Waals surface area contributed by atoms with Gasteiger partial charge in [-0.1, -0.05) is 13.8 Å². The topological polar surface area (TPSA) is 52.6 Å². The lowest BCUT2D eigenvalue weighted by atomic mass is 10.0. The molecule has 0 aliphatic carbocycles. The molecule has 1 aliphatic heterocycles. The summed E-state index contributed by atoms with van der Waals surface area (Å²) in [6.45, 7) is 8.71. The number of aromatic carboxylic acids is 1. The summed E-state index contributed by atoms with van der Waals surface area (Å²) >= 11 is 1.51. The van der Waals surface area contributed by atoms with E-state index in [9.17, 15) is 4.79 Å². The molecule has 0 bridgehead atoms. The summed E-state index contributed by atoms with van der Waals surface area (Å²) in [5, 5.41) is 14.1. The van der Waals surface area contributed by atoms with Gasteiger partial charge in [-0.15, -0.1) is 11.3 Å². The first-order valence-electron chi connectivity index (χ1n) is 7.33. The maximum Gasteiger partial charge on any atom is 0.336 e. The first kappa shape index (κ1) is 15.5. The predicted octanol–water partition coefficient (Wildman–Crippen LogP) is 2.66. The number of carboxylic acids is 1. The van der Waals surface area contributed by atoms with Crippen LogP contribution in [0.3, 0.4) is 0 Å². The second-order valence-corrected chi connectivity index (χ2v) is 6.79. The molecule has 2 rings (SSSR count). The van der Waals surface area contributed by atoms with E-state index in [0.29, 0.717) is 17.5 Å². The second-order valence-electron chi connectivity index (χ2n) is 5.79. The van der Waals surface area contributed by atoms with Gasteiger partial charge in [-0.25, -0.2) is 4.79 Å². The van der Waals surface area contributed by atoms with Crippen LogP contribution in [0.15, 0.2) is 11.4 Å². The maximum atomic E-state index is 10.8. The van der Waals surface area contributed by atoms with Crippen LogP contribution in [0.5, 0.6) is 0 Å². The van der Waals surface area contributed by atoms with Gasteiger partial charge in [0.05, 0.1) is 5.56 Å². The van der Waals surface area contributed by atoms with Crippen molar-refractivity contribution in [1.82, 2.24) is 10.2 Å². The number of hydrogen-bond acceptors (Lipinski definition) is 4. The van der Waals surface area contributed by atoms with Crippen LogP contribution in [0.2, 0.25) is 0 Å². The monoisotopic (exact) mass is 296 g/mol. The molecule has 0 aromatic carbocycles. The third-order valence-electron chi connectivity index (χ3n) is 3.93. The Morgan fingerprint density at radius 3 is 2.70 bits per heavy atom. The minimum absolute atomic E-state index is 0.395. The molecule has 4 nitrogen and oxygen atoms in total. The summed E-state index contributed by atoms with van der Waals surface area (Å²) in [6, 6.07) is 2.34. The predicted molar refractivity (Wildman–Crippen MR) is 82.4 cm³/mol. The number of nitrogens with zero attached hydrogens (tertiary/aromatic N) is 1. The van der Waals surface area contributed by atoms with E-state index < -0.39 is 5.97 Å². The normalized spacial score (nSPS) is 17.8. The number of carboxylic acid groups (broad SMARTS) is 1. The van der Waals surface area contributed by atoms with E-state index in [1.165, 1.54) is 37.3 Å².